The largest absolute Gasteiger partial charge is 0.413 e. The van der Waals surface area contributed by atoms with Crippen molar-refractivity contribution in [3.63, 3.8) is 0 Å². The van der Waals surface area contributed by atoms with Gasteiger partial charge in [0.25, 0.3) is 0 Å². The minimum absolute atomic E-state index is 0.172. The minimum atomic E-state index is -1.81. The fourth-order valence-corrected chi connectivity index (χ4v) is 4.23. The van der Waals surface area contributed by atoms with Crippen molar-refractivity contribution in [1.82, 2.24) is 0 Å². The van der Waals surface area contributed by atoms with Crippen LogP contribution < -0.4 is 0 Å². The van der Waals surface area contributed by atoms with E-state index in [2.05, 4.69) is 99.4 Å². The lowest BCUT2D eigenvalue weighted by Crippen LogP contribution is -2.41. The van der Waals surface area contributed by atoms with E-state index in [1.54, 1.807) is 0 Å². The van der Waals surface area contributed by atoms with E-state index in [9.17, 15) is 5.11 Å². The summed E-state index contributed by atoms with van der Waals surface area (Å²) >= 11 is 0. The van der Waals surface area contributed by atoms with Gasteiger partial charge in [-0.15, -0.1) is 0 Å². The van der Waals surface area contributed by atoms with Crippen LogP contribution in [0.3, 0.4) is 0 Å². The normalized spacial score (nSPS) is 14.9. The molecular formula is C31H56O2Si. The van der Waals surface area contributed by atoms with E-state index in [1.807, 2.05) is 0 Å². The van der Waals surface area contributed by atoms with Crippen LogP contribution in [0.5, 0.6) is 0 Å². The SMILES string of the molecule is C=C(CO[Si](C)(C)C(C)(C)C)C(O)CC/C(C)=C/CC/C=C(\C)CC/C=C(\C)CCC=C(C)C. The second-order valence-corrected chi connectivity index (χ2v) is 16.7. The Morgan fingerprint density at radius 2 is 1.24 bits per heavy atom. The molecule has 1 N–H and O–H groups in total. The number of unbranched alkanes of at least 4 members (excludes halogenated alkanes) is 1. The van der Waals surface area contributed by atoms with Gasteiger partial charge >= 0.3 is 0 Å². The lowest BCUT2D eigenvalue weighted by Gasteiger charge is -2.36. The molecule has 0 aliphatic carbocycles. The zero-order valence-electron chi connectivity index (χ0n) is 24.3. The third-order valence-corrected chi connectivity index (χ3v) is 11.5. The van der Waals surface area contributed by atoms with Crippen LogP contribution in [0.4, 0.5) is 0 Å². The average molecular weight is 489 g/mol. The standard InChI is InChI=1S/C31H56O2Si/c1-25(2)16-14-19-27(4)21-15-20-26(3)17-12-13-18-28(5)22-23-30(32)29(6)24-33-34(10,11)31(7,8)9/h16-18,21,30,32H,6,12-15,19-20,22-24H2,1-5,7-11H3/b26-17+,27-21+,28-18+. The number of rotatable bonds is 16. The highest BCUT2D eigenvalue weighted by Crippen LogP contribution is 2.36. The van der Waals surface area contributed by atoms with E-state index in [0.717, 1.165) is 50.5 Å². The summed E-state index contributed by atoms with van der Waals surface area (Å²) in [5.41, 5.74) is 6.54. The zero-order valence-corrected chi connectivity index (χ0v) is 25.3. The van der Waals surface area contributed by atoms with Crippen molar-refractivity contribution in [3.05, 3.63) is 58.7 Å². The van der Waals surface area contributed by atoms with Gasteiger partial charge in [0.1, 0.15) is 0 Å². The van der Waals surface area contributed by atoms with Crippen LogP contribution in [0.15, 0.2) is 58.7 Å². The Kier molecular flexibility index (Phi) is 15.9. The quantitative estimate of drug-likeness (QED) is 0.133. The number of hydrogen-bond acceptors (Lipinski definition) is 2. The van der Waals surface area contributed by atoms with E-state index >= 15 is 0 Å². The molecule has 0 radical (unpaired) electrons. The van der Waals surface area contributed by atoms with Crippen LogP contribution in [0.25, 0.3) is 0 Å². The topological polar surface area (TPSA) is 29.5 Å². The van der Waals surface area contributed by atoms with Gasteiger partial charge in [-0.25, -0.2) is 0 Å². The smallest absolute Gasteiger partial charge is 0.192 e. The van der Waals surface area contributed by atoms with Gasteiger partial charge in [-0.2, -0.15) is 0 Å². The Bertz CT molecular complexity index is 725. The van der Waals surface area contributed by atoms with Gasteiger partial charge in [0.05, 0.1) is 12.7 Å². The van der Waals surface area contributed by atoms with E-state index in [0.29, 0.717) is 6.61 Å². The second kappa shape index (κ2) is 16.5. The molecule has 0 saturated carbocycles. The molecule has 0 fully saturated rings. The Labute approximate surface area is 214 Å². The first kappa shape index (κ1) is 32.8. The Balaban J connectivity index is 4.24. The summed E-state index contributed by atoms with van der Waals surface area (Å²) in [6.07, 6.45) is 17.3. The van der Waals surface area contributed by atoms with Gasteiger partial charge in [0.15, 0.2) is 8.32 Å². The third kappa shape index (κ3) is 15.7. The molecule has 0 saturated heterocycles. The molecule has 0 aromatic rings. The summed E-state index contributed by atoms with van der Waals surface area (Å²) in [7, 11) is -1.81. The lowest BCUT2D eigenvalue weighted by molar-refractivity contribution is 0.180. The van der Waals surface area contributed by atoms with Crippen LogP contribution in [-0.2, 0) is 4.43 Å². The van der Waals surface area contributed by atoms with Crippen molar-refractivity contribution in [2.45, 2.75) is 131 Å². The summed E-state index contributed by atoms with van der Waals surface area (Å²) in [4.78, 5) is 0. The summed E-state index contributed by atoms with van der Waals surface area (Å²) < 4.78 is 6.20. The highest BCUT2D eigenvalue weighted by atomic mass is 28.4. The number of hydrogen-bond donors (Lipinski definition) is 1. The van der Waals surface area contributed by atoms with Crippen LogP contribution in [-0.4, -0.2) is 26.1 Å². The van der Waals surface area contributed by atoms with Crippen molar-refractivity contribution in [1.29, 1.82) is 0 Å². The first-order valence-corrected chi connectivity index (χ1v) is 16.2. The van der Waals surface area contributed by atoms with Gasteiger partial charge in [-0.1, -0.05) is 73.9 Å². The van der Waals surface area contributed by atoms with Crippen molar-refractivity contribution < 1.29 is 9.53 Å². The maximum atomic E-state index is 10.5. The van der Waals surface area contributed by atoms with Gasteiger partial charge in [-0.3, -0.25) is 0 Å². The summed E-state index contributed by atoms with van der Waals surface area (Å²) in [5, 5.41) is 10.7. The molecule has 2 nitrogen and oxygen atoms in total. The van der Waals surface area contributed by atoms with Crippen molar-refractivity contribution in [2.24, 2.45) is 0 Å². The second-order valence-electron chi connectivity index (χ2n) is 11.8. The lowest BCUT2D eigenvalue weighted by atomic mass is 10.0. The molecule has 1 unspecified atom stereocenters. The highest BCUT2D eigenvalue weighted by molar-refractivity contribution is 6.74. The molecule has 0 aromatic heterocycles. The van der Waals surface area contributed by atoms with Crippen molar-refractivity contribution in [3.8, 4) is 0 Å². The summed E-state index contributed by atoms with van der Waals surface area (Å²) in [5.74, 6) is 0. The van der Waals surface area contributed by atoms with Crippen LogP contribution in [0.2, 0.25) is 18.1 Å². The van der Waals surface area contributed by atoms with Crippen LogP contribution >= 0.6 is 0 Å². The average Bonchev–Trinajstić information content (AvgIpc) is 2.72. The van der Waals surface area contributed by atoms with E-state index < -0.39 is 14.4 Å². The number of allylic oxidation sites excluding steroid dienone is 8. The van der Waals surface area contributed by atoms with Gasteiger partial charge in [0.2, 0.25) is 0 Å². The third-order valence-electron chi connectivity index (χ3n) is 6.98. The van der Waals surface area contributed by atoms with E-state index in [4.69, 9.17) is 4.43 Å². The molecule has 0 heterocycles. The molecule has 0 amide bonds. The zero-order chi connectivity index (χ0) is 26.4. The molecule has 1 atom stereocenters. The molecule has 34 heavy (non-hydrogen) atoms. The first-order valence-electron chi connectivity index (χ1n) is 13.3. The molecule has 0 aliphatic heterocycles. The fourth-order valence-electron chi connectivity index (χ4n) is 3.25. The van der Waals surface area contributed by atoms with Crippen LogP contribution in [0.1, 0.15) is 107 Å². The summed E-state index contributed by atoms with van der Waals surface area (Å²) in [6.45, 7) is 26.7. The molecule has 0 rings (SSSR count). The minimum Gasteiger partial charge on any atom is -0.413 e. The molecular weight excluding hydrogens is 432 g/mol. The first-order chi connectivity index (χ1) is 15.7. The maximum Gasteiger partial charge on any atom is 0.192 e. The van der Waals surface area contributed by atoms with E-state index in [1.165, 1.54) is 28.7 Å². The molecule has 0 bridgehead atoms. The Hall–Kier alpha value is -1.16. The Morgan fingerprint density at radius 1 is 0.794 bits per heavy atom. The fraction of sp³-hybridized carbons (Fsp3) is 0.677. The van der Waals surface area contributed by atoms with E-state index in [-0.39, 0.29) is 5.04 Å². The Morgan fingerprint density at radius 3 is 1.71 bits per heavy atom. The summed E-state index contributed by atoms with van der Waals surface area (Å²) in [6, 6.07) is 0. The van der Waals surface area contributed by atoms with Crippen LogP contribution in [0, 0.1) is 0 Å². The number of aliphatic hydroxyl groups excluding tert-OH is 1. The molecule has 0 aliphatic rings. The molecule has 196 valence electrons. The monoisotopic (exact) mass is 488 g/mol. The van der Waals surface area contributed by atoms with Crippen molar-refractivity contribution >= 4 is 8.32 Å². The molecule has 0 aromatic carbocycles. The van der Waals surface area contributed by atoms with Gasteiger partial charge in [-0.05, 0) is 110 Å². The molecule has 3 heteroatoms. The number of aliphatic hydroxyl groups is 1. The highest BCUT2D eigenvalue weighted by Gasteiger charge is 2.37. The van der Waals surface area contributed by atoms with Gasteiger partial charge in [0, 0.05) is 0 Å². The maximum absolute atomic E-state index is 10.5. The van der Waals surface area contributed by atoms with Gasteiger partial charge < -0.3 is 9.53 Å². The predicted molar refractivity (Wildman–Crippen MR) is 156 cm³/mol. The molecule has 0 spiro atoms. The van der Waals surface area contributed by atoms with Crippen molar-refractivity contribution in [2.75, 3.05) is 6.61 Å². The predicted octanol–water partition coefficient (Wildman–Crippen LogP) is 9.85.